The molecule has 0 aromatic carbocycles. The molecule has 13 heavy (non-hydrogen) atoms. The second-order valence-electron chi connectivity index (χ2n) is 2.44. The molecule has 0 unspecified atom stereocenters. The number of rotatable bonds is 3. The van der Waals surface area contributed by atoms with E-state index in [4.69, 9.17) is 5.11 Å². The second-order valence-corrected chi connectivity index (χ2v) is 3.39. The third-order valence-electron chi connectivity index (χ3n) is 1.48. The van der Waals surface area contributed by atoms with E-state index in [0.717, 1.165) is 0 Å². The second kappa shape index (κ2) is 4.00. The maximum Gasteiger partial charge on any atom is 0.194 e. The zero-order chi connectivity index (χ0) is 9.84. The summed E-state index contributed by atoms with van der Waals surface area (Å²) in [5, 5.41) is 10.8. The first-order valence-electron chi connectivity index (χ1n) is 3.59. The minimum atomic E-state index is -0.412. The molecule has 0 fully saturated rings. The average molecular weight is 196 g/mol. The first-order valence-corrected chi connectivity index (χ1v) is 4.47. The molecule has 3 nitrogen and oxygen atoms in total. The van der Waals surface area contributed by atoms with E-state index in [1.54, 1.807) is 11.4 Å². The molecular formula is C9H8O3S. The lowest BCUT2D eigenvalue weighted by atomic mass is 10.2. The van der Waals surface area contributed by atoms with Crippen molar-refractivity contribution in [3.05, 3.63) is 27.6 Å². The molecule has 0 saturated carbocycles. The molecule has 1 aromatic heterocycles. The molecule has 0 radical (unpaired) electrons. The van der Waals surface area contributed by atoms with Gasteiger partial charge >= 0.3 is 0 Å². The fourth-order valence-electron chi connectivity index (χ4n) is 0.771. The van der Waals surface area contributed by atoms with Gasteiger partial charge in [0, 0.05) is 23.4 Å². The fourth-order valence-corrected chi connectivity index (χ4v) is 1.56. The molecule has 0 bridgehead atoms. The van der Waals surface area contributed by atoms with Gasteiger partial charge in [-0.3, -0.25) is 9.59 Å². The van der Waals surface area contributed by atoms with Crippen LogP contribution in [-0.4, -0.2) is 17.2 Å². The Bertz CT molecular complexity index is 363. The Balaban J connectivity index is 3.03. The lowest BCUT2D eigenvalue weighted by Crippen LogP contribution is -1.94. The average Bonchev–Trinajstić information content (AvgIpc) is 2.51. The van der Waals surface area contributed by atoms with Gasteiger partial charge in [-0.25, -0.2) is 0 Å². The van der Waals surface area contributed by atoms with Gasteiger partial charge in [0.05, 0.1) is 0 Å². The summed E-state index contributed by atoms with van der Waals surface area (Å²) in [5.41, 5.74) is 0.484. The number of carbonyl (C=O) groups excluding carboxylic acids is 2. The van der Waals surface area contributed by atoms with E-state index in [1.165, 1.54) is 24.3 Å². The molecule has 0 amide bonds. The molecule has 1 N–H and O–H groups in total. The maximum atomic E-state index is 10.7. The van der Waals surface area contributed by atoms with E-state index in [2.05, 4.69) is 0 Å². The Labute approximate surface area is 79.3 Å². The van der Waals surface area contributed by atoms with Crippen molar-refractivity contribution >= 4 is 29.5 Å². The quantitative estimate of drug-likeness (QED) is 0.457. The number of aliphatic hydroxyl groups excluding tert-OH is 1. The van der Waals surface area contributed by atoms with Gasteiger partial charge in [0.1, 0.15) is 0 Å². The Morgan fingerprint density at radius 2 is 2.31 bits per heavy atom. The van der Waals surface area contributed by atoms with Crippen molar-refractivity contribution in [2.45, 2.75) is 6.92 Å². The summed E-state index contributed by atoms with van der Waals surface area (Å²) >= 11 is 1.30. The molecule has 0 aliphatic carbocycles. The van der Waals surface area contributed by atoms with Gasteiger partial charge in [-0.2, -0.15) is 0 Å². The Morgan fingerprint density at radius 1 is 1.62 bits per heavy atom. The number of hydrogen-bond acceptors (Lipinski definition) is 4. The van der Waals surface area contributed by atoms with Gasteiger partial charge in [0.15, 0.2) is 17.8 Å². The summed E-state index contributed by atoms with van der Waals surface area (Å²) < 4.78 is 0. The molecule has 1 heterocycles. The van der Waals surface area contributed by atoms with Gasteiger partial charge in [-0.05, 0) is 11.4 Å². The van der Waals surface area contributed by atoms with E-state index in [9.17, 15) is 9.59 Å². The Morgan fingerprint density at radius 3 is 2.85 bits per heavy atom. The molecule has 4 heteroatoms. The Hall–Kier alpha value is -1.42. The van der Waals surface area contributed by atoms with E-state index in [1.807, 2.05) is 0 Å². The SMILES string of the molecule is CC(=O)C(O)=Cc1sccc1C=O. The molecule has 0 atom stereocenters. The van der Waals surface area contributed by atoms with Crippen LogP contribution in [0.3, 0.4) is 0 Å². The highest BCUT2D eigenvalue weighted by molar-refractivity contribution is 7.11. The summed E-state index contributed by atoms with van der Waals surface area (Å²) in [4.78, 5) is 21.7. The van der Waals surface area contributed by atoms with Crippen molar-refractivity contribution in [1.82, 2.24) is 0 Å². The summed E-state index contributed by atoms with van der Waals surface area (Å²) in [6, 6.07) is 1.64. The first-order chi connectivity index (χ1) is 6.15. The number of hydrogen-bond donors (Lipinski definition) is 1. The van der Waals surface area contributed by atoms with Crippen LogP contribution in [0, 0.1) is 0 Å². The summed E-state index contributed by atoms with van der Waals surface area (Å²) in [7, 11) is 0. The lowest BCUT2D eigenvalue weighted by Gasteiger charge is -1.92. The third-order valence-corrected chi connectivity index (χ3v) is 2.36. The van der Waals surface area contributed by atoms with Crippen LogP contribution in [0.4, 0.5) is 0 Å². The number of Topliss-reactive ketones (excluding diaryl/α,β-unsaturated/α-hetero) is 1. The van der Waals surface area contributed by atoms with Crippen LogP contribution < -0.4 is 0 Å². The maximum absolute atomic E-state index is 10.7. The predicted molar refractivity (Wildman–Crippen MR) is 51.0 cm³/mol. The van der Waals surface area contributed by atoms with Crippen LogP contribution in [0.5, 0.6) is 0 Å². The minimum absolute atomic E-state index is 0.328. The normalized spacial score (nSPS) is 11.3. The number of carbonyl (C=O) groups is 2. The third kappa shape index (κ3) is 2.26. The van der Waals surface area contributed by atoms with Crippen molar-refractivity contribution in [1.29, 1.82) is 0 Å². The summed E-state index contributed by atoms with van der Waals surface area (Å²) in [5.74, 6) is -0.740. The number of thiophene rings is 1. The van der Waals surface area contributed by atoms with Crippen molar-refractivity contribution < 1.29 is 14.7 Å². The molecule has 0 aliphatic rings. The molecule has 68 valence electrons. The summed E-state index contributed by atoms with van der Waals surface area (Å²) in [6.45, 7) is 1.26. The zero-order valence-electron chi connectivity index (χ0n) is 6.98. The van der Waals surface area contributed by atoms with Gasteiger partial charge < -0.3 is 5.11 Å². The Kier molecular flexibility index (Phi) is 2.97. The van der Waals surface area contributed by atoms with Crippen molar-refractivity contribution in [3.63, 3.8) is 0 Å². The number of aliphatic hydroxyl groups is 1. The van der Waals surface area contributed by atoms with E-state index < -0.39 is 5.78 Å². The monoisotopic (exact) mass is 196 g/mol. The fraction of sp³-hybridized carbons (Fsp3) is 0.111. The molecular weight excluding hydrogens is 188 g/mol. The van der Waals surface area contributed by atoms with Gasteiger partial charge in [0.25, 0.3) is 0 Å². The van der Waals surface area contributed by atoms with Crippen LogP contribution in [0.2, 0.25) is 0 Å². The van der Waals surface area contributed by atoms with E-state index in [0.29, 0.717) is 16.7 Å². The van der Waals surface area contributed by atoms with Gasteiger partial charge in [-0.15, -0.1) is 11.3 Å². The molecule has 1 rings (SSSR count). The number of allylic oxidation sites excluding steroid dienone is 1. The molecule has 0 aliphatic heterocycles. The number of aldehydes is 1. The van der Waals surface area contributed by atoms with E-state index >= 15 is 0 Å². The van der Waals surface area contributed by atoms with Crippen molar-refractivity contribution in [2.75, 3.05) is 0 Å². The van der Waals surface area contributed by atoms with Crippen LogP contribution in [0.25, 0.3) is 6.08 Å². The topological polar surface area (TPSA) is 54.4 Å². The first kappa shape index (κ1) is 9.67. The van der Waals surface area contributed by atoms with Gasteiger partial charge in [-0.1, -0.05) is 0 Å². The van der Waals surface area contributed by atoms with Crippen LogP contribution >= 0.6 is 11.3 Å². The smallest absolute Gasteiger partial charge is 0.194 e. The zero-order valence-corrected chi connectivity index (χ0v) is 7.80. The predicted octanol–water partition coefficient (Wildman–Crippen LogP) is 2.05. The minimum Gasteiger partial charge on any atom is -0.504 e. The number of ketones is 1. The highest BCUT2D eigenvalue weighted by atomic mass is 32.1. The van der Waals surface area contributed by atoms with Crippen LogP contribution in [0.15, 0.2) is 17.2 Å². The standard InChI is InChI=1S/C9H8O3S/c1-6(11)8(12)4-9-7(5-10)2-3-13-9/h2-5,12H,1H3. The van der Waals surface area contributed by atoms with Crippen molar-refractivity contribution in [3.8, 4) is 0 Å². The highest BCUT2D eigenvalue weighted by Gasteiger charge is 2.04. The largest absolute Gasteiger partial charge is 0.504 e. The molecule has 0 spiro atoms. The van der Waals surface area contributed by atoms with E-state index in [-0.39, 0.29) is 5.76 Å². The highest BCUT2D eigenvalue weighted by Crippen LogP contribution is 2.17. The molecule has 1 aromatic rings. The summed E-state index contributed by atoms with van der Waals surface area (Å²) in [6.07, 6.45) is 1.99. The van der Waals surface area contributed by atoms with Crippen LogP contribution in [-0.2, 0) is 4.79 Å². The van der Waals surface area contributed by atoms with Gasteiger partial charge in [0.2, 0.25) is 0 Å². The van der Waals surface area contributed by atoms with Crippen molar-refractivity contribution in [2.24, 2.45) is 0 Å². The lowest BCUT2D eigenvalue weighted by molar-refractivity contribution is -0.115. The van der Waals surface area contributed by atoms with Crippen LogP contribution in [0.1, 0.15) is 22.2 Å². The molecule has 0 saturated heterocycles.